The van der Waals surface area contributed by atoms with Crippen LogP contribution in [0.5, 0.6) is 5.75 Å². The van der Waals surface area contributed by atoms with E-state index in [4.69, 9.17) is 16.3 Å². The summed E-state index contributed by atoms with van der Waals surface area (Å²) < 4.78 is 60.9. The zero-order chi connectivity index (χ0) is 25.9. The summed E-state index contributed by atoms with van der Waals surface area (Å²) in [6, 6.07) is 1.02. The van der Waals surface area contributed by atoms with Crippen LogP contribution in [0.4, 0.5) is 17.6 Å². The number of halogens is 5. The van der Waals surface area contributed by atoms with E-state index in [1.807, 2.05) is 6.92 Å². The van der Waals surface area contributed by atoms with Crippen LogP contribution in [-0.4, -0.2) is 49.6 Å². The van der Waals surface area contributed by atoms with Gasteiger partial charge in [0.15, 0.2) is 22.7 Å². The summed E-state index contributed by atoms with van der Waals surface area (Å²) in [5.41, 5.74) is -2.52. The molecule has 0 radical (unpaired) electrons. The molecule has 14 heteroatoms. The number of aromatic hydroxyl groups is 1. The molecule has 0 saturated carbocycles. The lowest BCUT2D eigenvalue weighted by Gasteiger charge is -2.44. The molecule has 36 heavy (non-hydrogen) atoms. The first kappa shape index (κ1) is 24.7. The van der Waals surface area contributed by atoms with Crippen LogP contribution in [0.1, 0.15) is 40.0 Å². The van der Waals surface area contributed by atoms with E-state index in [1.54, 1.807) is 0 Å². The molecule has 2 aromatic heterocycles. The lowest BCUT2D eigenvalue weighted by Crippen LogP contribution is -2.56. The Morgan fingerprint density at radius 2 is 2.03 bits per heavy atom. The summed E-state index contributed by atoms with van der Waals surface area (Å²) in [7, 11) is 0. The molecule has 190 valence electrons. The number of amides is 1. The normalized spacial score (nSPS) is 19.8. The fraction of sp³-hybridized carbons (Fsp3) is 0.364. The Morgan fingerprint density at radius 3 is 2.75 bits per heavy atom. The van der Waals surface area contributed by atoms with E-state index in [2.05, 4.69) is 10.2 Å². The van der Waals surface area contributed by atoms with Gasteiger partial charge in [-0.15, -0.1) is 10.2 Å². The van der Waals surface area contributed by atoms with Crippen LogP contribution < -0.4 is 5.43 Å². The number of carbonyl (C=O) groups is 1. The van der Waals surface area contributed by atoms with Crippen LogP contribution in [0.15, 0.2) is 23.1 Å². The van der Waals surface area contributed by atoms with Crippen molar-refractivity contribution in [2.24, 2.45) is 0 Å². The van der Waals surface area contributed by atoms with Crippen LogP contribution >= 0.6 is 22.9 Å². The molecule has 1 amide bonds. The number of hydrogen-bond donors (Lipinski definition) is 1. The van der Waals surface area contributed by atoms with Gasteiger partial charge in [-0.3, -0.25) is 9.59 Å². The van der Waals surface area contributed by atoms with Gasteiger partial charge in [0.05, 0.1) is 29.3 Å². The van der Waals surface area contributed by atoms with Crippen molar-refractivity contribution in [2.75, 3.05) is 6.61 Å². The third-order valence-electron chi connectivity index (χ3n) is 6.15. The van der Waals surface area contributed by atoms with Crippen molar-refractivity contribution in [3.8, 4) is 16.3 Å². The number of pyridine rings is 1. The van der Waals surface area contributed by atoms with Gasteiger partial charge in [0.1, 0.15) is 10.8 Å². The fourth-order valence-corrected chi connectivity index (χ4v) is 5.45. The van der Waals surface area contributed by atoms with Gasteiger partial charge in [0, 0.05) is 18.7 Å². The second-order valence-electron chi connectivity index (χ2n) is 8.50. The SMILES string of the molecule is C[C@@H]1CCO[C@H]2Cn3cc(-c4nnc(Cc5cc(C(F)(F)F)cc(Cl)c5F)s4)c(=O)c(O)c3C(=O)N12. The predicted octanol–water partition coefficient (Wildman–Crippen LogP) is 4.07. The van der Waals surface area contributed by atoms with Crippen LogP contribution in [-0.2, 0) is 23.9 Å². The highest BCUT2D eigenvalue weighted by Gasteiger charge is 2.41. The first-order chi connectivity index (χ1) is 17.0. The van der Waals surface area contributed by atoms with Crippen molar-refractivity contribution >= 4 is 28.8 Å². The van der Waals surface area contributed by atoms with Crippen LogP contribution in [0.25, 0.3) is 10.6 Å². The topological polar surface area (TPSA) is 97.5 Å². The van der Waals surface area contributed by atoms with E-state index >= 15 is 0 Å². The summed E-state index contributed by atoms with van der Waals surface area (Å²) in [5, 5.41) is 17.9. The molecular weight excluding hydrogens is 528 g/mol. The van der Waals surface area contributed by atoms with Gasteiger partial charge in [-0.1, -0.05) is 22.9 Å². The van der Waals surface area contributed by atoms with Gasteiger partial charge >= 0.3 is 6.18 Å². The number of nitrogens with zero attached hydrogens (tertiary/aromatic N) is 4. The number of ether oxygens (including phenoxy) is 1. The van der Waals surface area contributed by atoms with Crippen molar-refractivity contribution in [2.45, 2.75) is 44.8 Å². The molecular formula is C22H17ClF4N4O4S. The van der Waals surface area contributed by atoms with E-state index < -0.39 is 45.9 Å². The summed E-state index contributed by atoms with van der Waals surface area (Å²) in [6.45, 7) is 2.49. The Labute approximate surface area is 209 Å². The number of rotatable bonds is 3. The highest BCUT2D eigenvalue weighted by Crippen LogP contribution is 2.35. The molecule has 0 bridgehead atoms. The smallest absolute Gasteiger partial charge is 0.416 e. The highest BCUT2D eigenvalue weighted by atomic mass is 35.5. The van der Waals surface area contributed by atoms with Crippen molar-refractivity contribution in [1.82, 2.24) is 19.7 Å². The molecule has 1 fully saturated rings. The zero-order valence-electron chi connectivity index (χ0n) is 18.5. The Bertz CT molecular complexity index is 1440. The maximum atomic E-state index is 14.4. The third-order valence-corrected chi connectivity index (χ3v) is 7.38. The van der Waals surface area contributed by atoms with E-state index in [0.29, 0.717) is 25.2 Å². The Hall–Kier alpha value is -3.03. The molecule has 3 aromatic rings. The summed E-state index contributed by atoms with van der Waals surface area (Å²) >= 11 is 6.49. The van der Waals surface area contributed by atoms with Gasteiger partial charge in [-0.25, -0.2) is 4.39 Å². The largest absolute Gasteiger partial charge is 0.503 e. The molecule has 0 unspecified atom stereocenters. The maximum Gasteiger partial charge on any atom is 0.416 e. The maximum absolute atomic E-state index is 14.4. The molecule has 2 aliphatic heterocycles. The second-order valence-corrected chi connectivity index (χ2v) is 9.97. The second kappa shape index (κ2) is 8.82. The van der Waals surface area contributed by atoms with Crippen LogP contribution in [0, 0.1) is 5.82 Å². The fourth-order valence-electron chi connectivity index (χ4n) is 4.35. The molecule has 2 atom stereocenters. The molecule has 8 nitrogen and oxygen atoms in total. The van der Waals surface area contributed by atoms with Gasteiger partial charge in [0.25, 0.3) is 5.91 Å². The number of alkyl halides is 3. The van der Waals surface area contributed by atoms with Crippen molar-refractivity contribution in [3.05, 3.63) is 61.2 Å². The molecule has 4 heterocycles. The van der Waals surface area contributed by atoms with Crippen molar-refractivity contribution in [1.29, 1.82) is 0 Å². The zero-order valence-corrected chi connectivity index (χ0v) is 20.0. The molecule has 1 saturated heterocycles. The average Bonchev–Trinajstić information content (AvgIpc) is 3.26. The van der Waals surface area contributed by atoms with Gasteiger partial charge in [0.2, 0.25) is 5.43 Å². The van der Waals surface area contributed by atoms with Gasteiger partial charge in [-0.05, 0) is 31.0 Å². The first-order valence-electron chi connectivity index (χ1n) is 10.7. The van der Waals surface area contributed by atoms with E-state index in [0.717, 1.165) is 11.3 Å². The molecule has 0 spiro atoms. The number of benzene rings is 1. The average molecular weight is 545 g/mol. The summed E-state index contributed by atoms with van der Waals surface area (Å²) in [4.78, 5) is 27.4. The Balaban J connectivity index is 1.50. The molecule has 5 rings (SSSR count). The first-order valence-corrected chi connectivity index (χ1v) is 11.9. The van der Waals surface area contributed by atoms with Crippen LogP contribution in [0.2, 0.25) is 5.02 Å². The lowest BCUT2D eigenvalue weighted by molar-refractivity contribution is -0.137. The van der Waals surface area contributed by atoms with Gasteiger partial charge < -0.3 is 19.3 Å². The Kier molecular flexibility index (Phi) is 6.04. The van der Waals surface area contributed by atoms with Crippen LogP contribution in [0.3, 0.4) is 0 Å². The monoisotopic (exact) mass is 544 g/mol. The van der Waals surface area contributed by atoms with Crippen molar-refractivity contribution in [3.63, 3.8) is 0 Å². The lowest BCUT2D eigenvalue weighted by atomic mass is 10.1. The summed E-state index contributed by atoms with van der Waals surface area (Å²) in [5.74, 6) is -2.30. The number of aromatic nitrogens is 3. The minimum absolute atomic E-state index is 0.0480. The Morgan fingerprint density at radius 1 is 1.28 bits per heavy atom. The number of carbonyl (C=O) groups excluding carboxylic acids is 1. The highest BCUT2D eigenvalue weighted by molar-refractivity contribution is 7.14. The van der Waals surface area contributed by atoms with Crippen molar-refractivity contribution < 1.29 is 32.2 Å². The standard InChI is InChI=1S/C22H17ClF4N4O4S/c1-9-2-3-35-15-8-30-7-12(18(32)19(33)17(30)21(34)31(9)15)20-29-28-14(36-20)5-10-4-11(22(25,26)27)6-13(23)16(10)24/h4,6-7,9,15,33H,2-3,5,8H2,1H3/t9-,15+/m1/s1. The summed E-state index contributed by atoms with van der Waals surface area (Å²) in [6.07, 6.45) is -3.66. The molecule has 1 aromatic carbocycles. The van der Waals surface area contributed by atoms with Gasteiger partial charge in [-0.2, -0.15) is 13.2 Å². The van der Waals surface area contributed by atoms with E-state index in [-0.39, 0.29) is 45.8 Å². The van der Waals surface area contributed by atoms with E-state index in [1.165, 1.54) is 15.7 Å². The third kappa shape index (κ3) is 4.14. The molecule has 2 aliphatic rings. The molecule has 1 N–H and O–H groups in total. The molecule has 0 aliphatic carbocycles. The predicted molar refractivity (Wildman–Crippen MR) is 120 cm³/mol. The minimum atomic E-state index is -4.72. The van der Waals surface area contributed by atoms with E-state index in [9.17, 15) is 32.3 Å². The minimum Gasteiger partial charge on any atom is -0.503 e. The number of hydrogen-bond acceptors (Lipinski definition) is 7. The number of fused-ring (bicyclic) bond motifs is 2. The quantitative estimate of drug-likeness (QED) is 0.499.